The Kier molecular flexibility index (Phi) is 4.35. The Morgan fingerprint density at radius 3 is 2.45 bits per heavy atom. The Bertz CT molecular complexity index is 693. The summed E-state index contributed by atoms with van der Waals surface area (Å²) in [6.45, 7) is 4.17. The molecule has 1 aromatic carbocycles. The van der Waals surface area contributed by atoms with E-state index < -0.39 is 10.0 Å². The molecule has 1 atom stereocenters. The molecule has 0 aliphatic carbocycles. The lowest BCUT2D eigenvalue weighted by atomic mass is 10.2. The molecule has 2 rings (SSSR count). The normalized spacial score (nSPS) is 12.9. The van der Waals surface area contributed by atoms with E-state index in [1.165, 1.54) is 9.75 Å². The van der Waals surface area contributed by atoms with Crippen LogP contribution in [0.1, 0.15) is 22.7 Å². The van der Waals surface area contributed by atoms with Crippen molar-refractivity contribution in [3.05, 3.63) is 46.2 Å². The Labute approximate surface area is 123 Å². The molecule has 2 aromatic rings. The molecule has 0 saturated carbocycles. The van der Waals surface area contributed by atoms with Crippen LogP contribution in [0.3, 0.4) is 0 Å². The van der Waals surface area contributed by atoms with Crippen molar-refractivity contribution in [3.63, 3.8) is 0 Å². The quantitative estimate of drug-likeness (QED) is 0.887. The first-order valence-corrected chi connectivity index (χ1v) is 8.95. The summed E-state index contributed by atoms with van der Waals surface area (Å²) < 4.78 is 24.9. The number of hydrogen-bond acceptors (Lipinski definition) is 4. The molecular weight excluding hydrogens is 292 g/mol. The van der Waals surface area contributed by atoms with Crippen LogP contribution in [0.4, 0.5) is 11.4 Å². The molecule has 108 valence electrons. The van der Waals surface area contributed by atoms with Gasteiger partial charge in [0, 0.05) is 15.4 Å². The van der Waals surface area contributed by atoms with Crippen LogP contribution in [0.15, 0.2) is 36.4 Å². The summed E-state index contributed by atoms with van der Waals surface area (Å²) in [7, 11) is -3.25. The van der Waals surface area contributed by atoms with E-state index in [4.69, 9.17) is 0 Å². The minimum Gasteiger partial charge on any atom is -0.378 e. The summed E-state index contributed by atoms with van der Waals surface area (Å²) >= 11 is 1.76. The van der Waals surface area contributed by atoms with Crippen molar-refractivity contribution >= 4 is 32.7 Å². The van der Waals surface area contributed by atoms with Gasteiger partial charge in [-0.2, -0.15) is 0 Å². The molecule has 0 fully saturated rings. The van der Waals surface area contributed by atoms with Crippen LogP contribution < -0.4 is 10.0 Å². The second-order valence-electron chi connectivity index (χ2n) is 4.77. The van der Waals surface area contributed by atoms with Gasteiger partial charge in [-0.05, 0) is 44.2 Å². The Balaban J connectivity index is 2.11. The standard InChI is InChI=1S/C14H18N2O2S2/c1-10-7-8-14(19-10)11(2)15-12-5-4-6-13(9-12)16-20(3,17)18/h4-9,11,15-16H,1-3H3. The van der Waals surface area contributed by atoms with E-state index in [1.807, 2.05) is 12.1 Å². The lowest BCUT2D eigenvalue weighted by Crippen LogP contribution is -2.10. The molecule has 0 radical (unpaired) electrons. The number of hydrogen-bond donors (Lipinski definition) is 2. The third-order valence-corrected chi connectivity index (χ3v) is 4.53. The van der Waals surface area contributed by atoms with Crippen molar-refractivity contribution in [1.82, 2.24) is 0 Å². The summed E-state index contributed by atoms with van der Waals surface area (Å²) in [6, 6.07) is 11.6. The van der Waals surface area contributed by atoms with Crippen molar-refractivity contribution in [2.45, 2.75) is 19.9 Å². The first-order chi connectivity index (χ1) is 9.33. The van der Waals surface area contributed by atoms with Gasteiger partial charge >= 0.3 is 0 Å². The SMILES string of the molecule is Cc1ccc(C(C)Nc2cccc(NS(C)(=O)=O)c2)s1. The first-order valence-electron chi connectivity index (χ1n) is 6.24. The molecule has 0 saturated heterocycles. The van der Waals surface area contributed by atoms with Crippen molar-refractivity contribution < 1.29 is 8.42 Å². The molecule has 2 N–H and O–H groups in total. The largest absolute Gasteiger partial charge is 0.378 e. The summed E-state index contributed by atoms with van der Waals surface area (Å²) in [5.41, 5.74) is 1.45. The van der Waals surface area contributed by atoms with E-state index >= 15 is 0 Å². The van der Waals surface area contributed by atoms with Gasteiger partial charge in [0.2, 0.25) is 10.0 Å². The predicted molar refractivity (Wildman–Crippen MR) is 86.0 cm³/mol. The van der Waals surface area contributed by atoms with Crippen LogP contribution in [0.2, 0.25) is 0 Å². The average Bonchev–Trinajstić information content (AvgIpc) is 2.74. The second-order valence-corrected chi connectivity index (χ2v) is 7.84. The van der Waals surface area contributed by atoms with Gasteiger partial charge in [0.25, 0.3) is 0 Å². The van der Waals surface area contributed by atoms with Crippen LogP contribution in [0.5, 0.6) is 0 Å². The van der Waals surface area contributed by atoms with Gasteiger partial charge in [-0.25, -0.2) is 8.42 Å². The first kappa shape index (κ1) is 14.9. The highest BCUT2D eigenvalue weighted by molar-refractivity contribution is 7.92. The van der Waals surface area contributed by atoms with Gasteiger partial charge in [-0.15, -0.1) is 11.3 Å². The highest BCUT2D eigenvalue weighted by atomic mass is 32.2. The van der Waals surface area contributed by atoms with Crippen molar-refractivity contribution in [3.8, 4) is 0 Å². The van der Waals surface area contributed by atoms with E-state index in [2.05, 4.69) is 36.0 Å². The van der Waals surface area contributed by atoms with Crippen LogP contribution in [-0.4, -0.2) is 14.7 Å². The van der Waals surface area contributed by atoms with Gasteiger partial charge < -0.3 is 5.32 Å². The van der Waals surface area contributed by atoms with Crippen LogP contribution in [0.25, 0.3) is 0 Å². The molecule has 1 aromatic heterocycles. The minimum absolute atomic E-state index is 0.183. The summed E-state index contributed by atoms with van der Waals surface area (Å²) in [6.07, 6.45) is 1.14. The maximum Gasteiger partial charge on any atom is 0.229 e. The maximum atomic E-state index is 11.2. The zero-order valence-corrected chi connectivity index (χ0v) is 13.3. The molecular formula is C14H18N2O2S2. The number of nitrogens with one attached hydrogen (secondary N) is 2. The second kappa shape index (κ2) is 5.85. The molecule has 20 heavy (non-hydrogen) atoms. The average molecular weight is 310 g/mol. The van der Waals surface area contributed by atoms with Gasteiger partial charge in [-0.1, -0.05) is 6.07 Å². The number of sulfonamides is 1. The van der Waals surface area contributed by atoms with Gasteiger partial charge in [0.15, 0.2) is 0 Å². The molecule has 6 heteroatoms. The van der Waals surface area contributed by atoms with E-state index in [1.54, 1.807) is 23.5 Å². The zero-order chi connectivity index (χ0) is 14.8. The number of thiophene rings is 1. The molecule has 0 spiro atoms. The highest BCUT2D eigenvalue weighted by Crippen LogP contribution is 2.26. The summed E-state index contributed by atoms with van der Waals surface area (Å²) in [5.74, 6) is 0. The van der Waals surface area contributed by atoms with Crippen LogP contribution in [0, 0.1) is 6.92 Å². The van der Waals surface area contributed by atoms with Crippen LogP contribution in [-0.2, 0) is 10.0 Å². The Hall–Kier alpha value is -1.53. The molecule has 0 aliphatic heterocycles. The monoisotopic (exact) mass is 310 g/mol. The van der Waals surface area contributed by atoms with E-state index in [0.717, 1.165) is 11.9 Å². The summed E-state index contributed by atoms with van der Waals surface area (Å²) in [4.78, 5) is 2.53. The number of aryl methyl sites for hydroxylation is 1. The molecule has 0 aliphatic rings. The molecule has 1 heterocycles. The highest BCUT2D eigenvalue weighted by Gasteiger charge is 2.08. The third kappa shape index (κ3) is 4.25. The lowest BCUT2D eigenvalue weighted by molar-refractivity contribution is 0.607. The maximum absolute atomic E-state index is 11.2. The minimum atomic E-state index is -3.25. The van der Waals surface area contributed by atoms with Gasteiger partial charge in [0.1, 0.15) is 0 Å². The fourth-order valence-corrected chi connectivity index (χ4v) is 3.33. The Morgan fingerprint density at radius 2 is 1.85 bits per heavy atom. The molecule has 4 nitrogen and oxygen atoms in total. The molecule has 0 bridgehead atoms. The Morgan fingerprint density at radius 1 is 1.15 bits per heavy atom. The van der Waals surface area contributed by atoms with E-state index in [9.17, 15) is 8.42 Å². The number of benzene rings is 1. The van der Waals surface area contributed by atoms with Crippen molar-refractivity contribution in [1.29, 1.82) is 0 Å². The number of anilines is 2. The third-order valence-electron chi connectivity index (χ3n) is 2.74. The van der Waals surface area contributed by atoms with Crippen molar-refractivity contribution in [2.75, 3.05) is 16.3 Å². The smallest absolute Gasteiger partial charge is 0.229 e. The fraction of sp³-hybridized carbons (Fsp3) is 0.286. The van der Waals surface area contributed by atoms with Gasteiger partial charge in [0.05, 0.1) is 18.0 Å². The van der Waals surface area contributed by atoms with Crippen molar-refractivity contribution in [2.24, 2.45) is 0 Å². The zero-order valence-electron chi connectivity index (χ0n) is 11.7. The van der Waals surface area contributed by atoms with Gasteiger partial charge in [-0.3, -0.25) is 4.72 Å². The van der Waals surface area contributed by atoms with E-state index in [-0.39, 0.29) is 6.04 Å². The number of rotatable bonds is 5. The predicted octanol–water partition coefficient (Wildman–Crippen LogP) is 3.60. The topological polar surface area (TPSA) is 58.2 Å². The van der Waals surface area contributed by atoms with Crippen LogP contribution >= 0.6 is 11.3 Å². The molecule has 0 amide bonds. The summed E-state index contributed by atoms with van der Waals surface area (Å²) in [5, 5.41) is 3.37. The fourth-order valence-electron chi connectivity index (χ4n) is 1.89. The van der Waals surface area contributed by atoms with E-state index in [0.29, 0.717) is 5.69 Å². The molecule has 1 unspecified atom stereocenters. The lowest BCUT2D eigenvalue weighted by Gasteiger charge is -2.14.